The van der Waals surface area contributed by atoms with Gasteiger partial charge in [-0.3, -0.25) is 0 Å². The highest BCUT2D eigenvalue weighted by Crippen LogP contribution is 2.28. The molecular formula is C21H16N4S. The van der Waals surface area contributed by atoms with E-state index in [9.17, 15) is 5.26 Å². The van der Waals surface area contributed by atoms with Crippen LogP contribution in [0.3, 0.4) is 0 Å². The third-order valence-corrected chi connectivity index (χ3v) is 5.14. The molecule has 0 unspecified atom stereocenters. The second-order valence-corrected chi connectivity index (χ2v) is 6.96. The fraction of sp³-hybridized carbons (Fsp3) is 0.0952. The molecule has 0 aliphatic carbocycles. The zero-order valence-corrected chi connectivity index (χ0v) is 15.3. The molecule has 0 aliphatic heterocycles. The van der Waals surface area contributed by atoms with E-state index in [1.54, 1.807) is 0 Å². The van der Waals surface area contributed by atoms with Gasteiger partial charge >= 0.3 is 0 Å². The van der Waals surface area contributed by atoms with Crippen molar-refractivity contribution in [1.82, 2.24) is 14.5 Å². The fourth-order valence-corrected chi connectivity index (χ4v) is 3.61. The van der Waals surface area contributed by atoms with Crippen LogP contribution in [0.15, 0.2) is 53.9 Å². The van der Waals surface area contributed by atoms with Crippen LogP contribution in [0.25, 0.3) is 34.2 Å². The van der Waals surface area contributed by atoms with Crippen molar-refractivity contribution in [3.05, 3.63) is 70.0 Å². The van der Waals surface area contributed by atoms with Crippen molar-refractivity contribution in [1.29, 1.82) is 5.26 Å². The van der Waals surface area contributed by atoms with E-state index in [2.05, 4.69) is 16.0 Å². The Morgan fingerprint density at radius 1 is 1.12 bits per heavy atom. The van der Waals surface area contributed by atoms with Gasteiger partial charge in [0.2, 0.25) is 0 Å². The Morgan fingerprint density at radius 3 is 2.62 bits per heavy atom. The lowest BCUT2D eigenvalue weighted by Crippen LogP contribution is -1.93. The second-order valence-electron chi connectivity index (χ2n) is 6.10. The number of allylic oxidation sites excluding steroid dienone is 1. The zero-order chi connectivity index (χ0) is 18.1. The number of nitrogens with zero attached hydrogens (tertiary/aromatic N) is 4. The summed E-state index contributed by atoms with van der Waals surface area (Å²) in [5, 5.41) is 12.2. The molecule has 0 amide bonds. The lowest BCUT2D eigenvalue weighted by Gasteiger charge is -1.99. The van der Waals surface area contributed by atoms with Crippen molar-refractivity contribution in [2.24, 2.45) is 7.05 Å². The molecule has 4 aromatic rings. The molecule has 4 rings (SSSR count). The Hall–Kier alpha value is -3.23. The minimum atomic E-state index is 0.559. The molecule has 0 bridgehead atoms. The number of rotatable bonds is 3. The van der Waals surface area contributed by atoms with E-state index < -0.39 is 0 Å². The Bertz CT molecular complexity index is 1160. The van der Waals surface area contributed by atoms with Gasteiger partial charge in [0.05, 0.1) is 16.6 Å². The maximum atomic E-state index is 9.57. The number of thiazole rings is 1. The molecule has 0 fully saturated rings. The highest BCUT2D eigenvalue weighted by molar-refractivity contribution is 7.11. The van der Waals surface area contributed by atoms with Crippen LogP contribution in [-0.2, 0) is 7.05 Å². The number of aryl methyl sites for hydroxylation is 2. The summed E-state index contributed by atoms with van der Waals surface area (Å²) in [6, 6.07) is 18.4. The molecule has 0 atom stereocenters. The van der Waals surface area contributed by atoms with Crippen LogP contribution >= 0.6 is 11.3 Å². The highest BCUT2D eigenvalue weighted by Gasteiger charge is 2.14. The standard InChI is InChI=1S/C21H16N4S/c1-14-7-9-15(10-8-14)11-16(12-22)21-24-18(13-26-21)20-23-17-5-3-4-6-19(17)25(20)2/h3-11,13H,1-2H3/b16-11-. The van der Waals surface area contributed by atoms with Gasteiger partial charge in [0, 0.05) is 12.4 Å². The van der Waals surface area contributed by atoms with E-state index in [0.29, 0.717) is 10.6 Å². The summed E-state index contributed by atoms with van der Waals surface area (Å²) in [4.78, 5) is 9.35. The molecule has 0 saturated carbocycles. The SMILES string of the molecule is Cc1ccc(/C=C(/C#N)c2nc(-c3nc4ccccc4n3C)cs2)cc1. The largest absolute Gasteiger partial charge is 0.326 e. The van der Waals surface area contributed by atoms with Crippen LogP contribution in [0.2, 0.25) is 0 Å². The van der Waals surface area contributed by atoms with Crippen molar-refractivity contribution in [2.75, 3.05) is 0 Å². The maximum Gasteiger partial charge on any atom is 0.160 e. The molecular weight excluding hydrogens is 340 g/mol. The topological polar surface area (TPSA) is 54.5 Å². The maximum absolute atomic E-state index is 9.57. The molecule has 0 spiro atoms. The minimum absolute atomic E-state index is 0.559. The van der Waals surface area contributed by atoms with E-state index in [4.69, 9.17) is 0 Å². The van der Waals surface area contributed by atoms with E-state index in [-0.39, 0.29) is 0 Å². The molecule has 5 heteroatoms. The first-order chi connectivity index (χ1) is 12.7. The Balaban J connectivity index is 1.73. The minimum Gasteiger partial charge on any atom is -0.326 e. The lowest BCUT2D eigenvalue weighted by molar-refractivity contribution is 0.952. The third-order valence-electron chi connectivity index (χ3n) is 4.26. The summed E-state index contributed by atoms with van der Waals surface area (Å²) in [5.41, 5.74) is 5.53. The summed E-state index contributed by atoms with van der Waals surface area (Å²) in [6.45, 7) is 2.04. The van der Waals surface area contributed by atoms with Crippen LogP contribution in [0.1, 0.15) is 16.1 Å². The number of aromatic nitrogens is 3. The van der Waals surface area contributed by atoms with Crippen LogP contribution in [-0.4, -0.2) is 14.5 Å². The number of hydrogen-bond donors (Lipinski definition) is 0. The highest BCUT2D eigenvalue weighted by atomic mass is 32.1. The predicted octanol–water partition coefficient (Wildman–Crippen LogP) is 5.07. The summed E-state index contributed by atoms with van der Waals surface area (Å²) in [5.74, 6) is 0.807. The molecule has 126 valence electrons. The molecule has 2 heterocycles. The first kappa shape index (κ1) is 16.2. The van der Waals surface area contributed by atoms with E-state index in [1.165, 1.54) is 16.9 Å². The number of para-hydroxylation sites is 2. The zero-order valence-electron chi connectivity index (χ0n) is 14.5. The third kappa shape index (κ3) is 2.92. The fourth-order valence-electron chi connectivity index (χ4n) is 2.85. The Morgan fingerprint density at radius 2 is 1.88 bits per heavy atom. The van der Waals surface area contributed by atoms with Gasteiger partial charge in [0.15, 0.2) is 5.82 Å². The number of hydrogen-bond acceptors (Lipinski definition) is 4. The summed E-state index contributed by atoms with van der Waals surface area (Å²) < 4.78 is 2.03. The molecule has 0 aliphatic rings. The molecule has 0 N–H and O–H groups in total. The number of benzene rings is 2. The quantitative estimate of drug-likeness (QED) is 0.482. The van der Waals surface area contributed by atoms with Gasteiger partial charge in [-0.05, 0) is 30.7 Å². The molecule has 0 saturated heterocycles. The smallest absolute Gasteiger partial charge is 0.160 e. The van der Waals surface area contributed by atoms with E-state index >= 15 is 0 Å². The molecule has 0 radical (unpaired) electrons. The summed E-state index contributed by atoms with van der Waals surface area (Å²) >= 11 is 1.46. The van der Waals surface area contributed by atoms with Gasteiger partial charge < -0.3 is 4.57 Å². The van der Waals surface area contributed by atoms with Crippen molar-refractivity contribution >= 4 is 34.0 Å². The average molecular weight is 356 g/mol. The van der Waals surface area contributed by atoms with Gasteiger partial charge in [0.25, 0.3) is 0 Å². The van der Waals surface area contributed by atoms with Gasteiger partial charge in [-0.2, -0.15) is 5.26 Å². The summed E-state index contributed by atoms with van der Waals surface area (Å²) in [6.07, 6.45) is 1.87. The Kier molecular flexibility index (Phi) is 4.11. The van der Waals surface area contributed by atoms with E-state index in [1.807, 2.05) is 78.5 Å². The number of imidazole rings is 1. The number of nitriles is 1. The van der Waals surface area contributed by atoms with Crippen molar-refractivity contribution in [3.8, 4) is 17.6 Å². The monoisotopic (exact) mass is 356 g/mol. The second kappa shape index (κ2) is 6.58. The average Bonchev–Trinajstić information content (AvgIpc) is 3.27. The van der Waals surface area contributed by atoms with Crippen LogP contribution < -0.4 is 0 Å². The van der Waals surface area contributed by atoms with Crippen LogP contribution in [0, 0.1) is 18.3 Å². The van der Waals surface area contributed by atoms with Gasteiger partial charge in [-0.1, -0.05) is 42.0 Å². The molecule has 26 heavy (non-hydrogen) atoms. The lowest BCUT2D eigenvalue weighted by atomic mass is 10.1. The van der Waals surface area contributed by atoms with Gasteiger partial charge in [-0.25, -0.2) is 9.97 Å². The normalized spacial score (nSPS) is 11.7. The van der Waals surface area contributed by atoms with Crippen LogP contribution in [0.4, 0.5) is 0 Å². The van der Waals surface area contributed by atoms with Crippen LogP contribution in [0.5, 0.6) is 0 Å². The molecule has 2 aromatic heterocycles. The first-order valence-corrected chi connectivity index (χ1v) is 9.10. The van der Waals surface area contributed by atoms with Crippen molar-refractivity contribution in [2.45, 2.75) is 6.92 Å². The predicted molar refractivity (Wildman–Crippen MR) is 106 cm³/mol. The van der Waals surface area contributed by atoms with Gasteiger partial charge in [0.1, 0.15) is 16.8 Å². The van der Waals surface area contributed by atoms with Gasteiger partial charge in [-0.15, -0.1) is 11.3 Å². The molecule has 2 aromatic carbocycles. The summed E-state index contributed by atoms with van der Waals surface area (Å²) in [7, 11) is 1.98. The van der Waals surface area contributed by atoms with E-state index in [0.717, 1.165) is 28.1 Å². The first-order valence-electron chi connectivity index (χ1n) is 8.22. The van der Waals surface area contributed by atoms with Crippen molar-refractivity contribution < 1.29 is 0 Å². The number of fused-ring (bicyclic) bond motifs is 1. The van der Waals surface area contributed by atoms with Crippen molar-refractivity contribution in [3.63, 3.8) is 0 Å². The molecule has 4 nitrogen and oxygen atoms in total. The Labute approximate surface area is 155 Å².